The molecule has 1 atom stereocenters. The highest BCUT2D eigenvalue weighted by Crippen LogP contribution is 2.37. The lowest BCUT2D eigenvalue weighted by molar-refractivity contribution is -0.128. The van der Waals surface area contributed by atoms with Gasteiger partial charge in [-0.05, 0) is 110 Å². The number of hydrogen-bond donors (Lipinski definition) is 3. The molecule has 0 aromatic heterocycles. The zero-order valence-electron chi connectivity index (χ0n) is 26.2. The van der Waals surface area contributed by atoms with Gasteiger partial charge in [-0.15, -0.1) is 0 Å². The Morgan fingerprint density at radius 3 is 2.30 bits per heavy atom. The molecule has 3 aromatic rings. The Bertz CT molecular complexity index is 1650. The normalized spacial score (nSPS) is 17.8. The van der Waals surface area contributed by atoms with Gasteiger partial charge in [0.05, 0.1) is 22.7 Å². The van der Waals surface area contributed by atoms with Crippen LogP contribution in [0.25, 0.3) is 5.57 Å². The van der Waals surface area contributed by atoms with Crippen molar-refractivity contribution in [3.05, 3.63) is 91.9 Å². The van der Waals surface area contributed by atoms with Crippen molar-refractivity contribution in [1.82, 2.24) is 10.2 Å². The second-order valence-corrected chi connectivity index (χ2v) is 13.6. The fourth-order valence-electron chi connectivity index (χ4n) is 5.89. The predicted molar refractivity (Wildman–Crippen MR) is 185 cm³/mol. The second-order valence-electron chi connectivity index (χ2n) is 12.3. The van der Waals surface area contributed by atoms with E-state index in [9.17, 15) is 14.7 Å². The molecule has 3 aromatic carbocycles. The lowest BCUT2D eigenvalue weighted by Crippen LogP contribution is -2.46. The number of amides is 2. The molecule has 0 bridgehead atoms. The fourth-order valence-corrected chi connectivity index (χ4v) is 6.77. The first-order valence-corrected chi connectivity index (χ1v) is 17.1. The van der Waals surface area contributed by atoms with E-state index in [2.05, 4.69) is 10.6 Å². The molecule has 8 nitrogen and oxygen atoms in total. The van der Waals surface area contributed by atoms with E-state index in [1.807, 2.05) is 42.2 Å². The number of aliphatic hydroxyl groups excluding tert-OH is 1. The molecule has 1 heterocycles. The smallest absolute Gasteiger partial charge is 0.252 e. The summed E-state index contributed by atoms with van der Waals surface area (Å²) in [5.41, 5.74) is 4.75. The van der Waals surface area contributed by atoms with Gasteiger partial charge in [-0.1, -0.05) is 46.9 Å². The topological polar surface area (TPSA) is 100 Å². The first kappa shape index (κ1) is 33.6. The standard InChI is InChI=1S/C36H38Cl3N3O5/c1-21-16-30(38)34(31(39)17-21)47-15-14-46-27-9-4-22(5-10-27)28-12-13-40-32(20-43)33(28)36(45)42(26-7-8-26)19-24-18-25(6-11-29(24)37)41-35(44)23-2-3-23/h4-6,9-11,16-18,23,26,32,40,43H,2-3,7-8,12-15,19-20H2,1H3,(H,41,44)/t32-/m1/s1. The van der Waals surface area contributed by atoms with E-state index in [1.165, 1.54) is 0 Å². The number of benzene rings is 3. The minimum atomic E-state index is -0.499. The maximum absolute atomic E-state index is 14.4. The van der Waals surface area contributed by atoms with Gasteiger partial charge < -0.3 is 30.1 Å². The number of aryl methyl sites for hydroxylation is 1. The van der Waals surface area contributed by atoms with Crippen LogP contribution >= 0.6 is 34.8 Å². The number of aliphatic hydroxyl groups is 1. The van der Waals surface area contributed by atoms with Gasteiger partial charge in [0.1, 0.15) is 19.0 Å². The van der Waals surface area contributed by atoms with E-state index in [0.29, 0.717) is 57.3 Å². The fraction of sp³-hybridized carbons (Fsp3) is 0.389. The summed E-state index contributed by atoms with van der Waals surface area (Å²) in [7, 11) is 0. The molecule has 2 saturated carbocycles. The Morgan fingerprint density at radius 1 is 0.936 bits per heavy atom. The average molecular weight is 699 g/mol. The third-order valence-corrected chi connectivity index (χ3v) is 9.58. The first-order valence-electron chi connectivity index (χ1n) is 16.0. The van der Waals surface area contributed by atoms with Crippen LogP contribution in [0.15, 0.2) is 60.2 Å². The van der Waals surface area contributed by atoms with Crippen LogP contribution in [0, 0.1) is 12.8 Å². The van der Waals surface area contributed by atoms with Crippen molar-refractivity contribution in [3.8, 4) is 11.5 Å². The Kier molecular flexibility index (Phi) is 10.6. The first-order chi connectivity index (χ1) is 22.7. The van der Waals surface area contributed by atoms with Gasteiger partial charge in [0.15, 0.2) is 5.75 Å². The zero-order chi connectivity index (χ0) is 33.1. The average Bonchev–Trinajstić information content (AvgIpc) is 3.98. The third kappa shape index (κ3) is 8.24. The Labute approximate surface area is 290 Å². The van der Waals surface area contributed by atoms with Crippen molar-refractivity contribution < 1.29 is 24.2 Å². The lowest BCUT2D eigenvalue weighted by atomic mass is 9.88. The predicted octanol–water partition coefficient (Wildman–Crippen LogP) is 7.06. The maximum Gasteiger partial charge on any atom is 0.252 e. The molecule has 6 rings (SSSR count). The molecule has 47 heavy (non-hydrogen) atoms. The number of carbonyl (C=O) groups excluding carboxylic acids is 2. The molecule has 11 heteroatoms. The number of nitrogens with one attached hydrogen (secondary N) is 2. The SMILES string of the molecule is Cc1cc(Cl)c(OCCOc2ccc(C3=C(C(=O)N(Cc4cc(NC(=O)C5CC5)ccc4Cl)C4CC4)[C@@H](CO)NCC3)cc2)c(Cl)c1. The van der Waals surface area contributed by atoms with Gasteiger partial charge >= 0.3 is 0 Å². The van der Waals surface area contributed by atoms with Crippen molar-refractivity contribution in [2.45, 2.75) is 57.7 Å². The number of halogens is 3. The van der Waals surface area contributed by atoms with Crippen LogP contribution < -0.4 is 20.1 Å². The molecule has 248 valence electrons. The third-order valence-electron chi connectivity index (χ3n) is 8.65. The highest BCUT2D eigenvalue weighted by molar-refractivity contribution is 6.37. The summed E-state index contributed by atoms with van der Waals surface area (Å²) in [5.74, 6) is 1.06. The van der Waals surface area contributed by atoms with Crippen LogP contribution in [0.2, 0.25) is 15.1 Å². The minimum Gasteiger partial charge on any atom is -0.490 e. The highest BCUT2D eigenvalue weighted by Gasteiger charge is 2.38. The van der Waals surface area contributed by atoms with Crippen molar-refractivity contribution >= 4 is 57.9 Å². The van der Waals surface area contributed by atoms with Gasteiger partial charge in [0.2, 0.25) is 5.91 Å². The molecule has 0 unspecified atom stereocenters. The summed E-state index contributed by atoms with van der Waals surface area (Å²) in [5, 5.41) is 18.1. The number of nitrogens with zero attached hydrogens (tertiary/aromatic N) is 1. The number of anilines is 1. The van der Waals surface area contributed by atoms with E-state index in [0.717, 1.165) is 47.9 Å². The lowest BCUT2D eigenvalue weighted by Gasteiger charge is -2.33. The molecule has 1 aliphatic heterocycles. The van der Waals surface area contributed by atoms with Crippen LogP contribution in [0.4, 0.5) is 5.69 Å². The maximum atomic E-state index is 14.4. The summed E-state index contributed by atoms with van der Waals surface area (Å²) >= 11 is 19.2. The molecular weight excluding hydrogens is 661 g/mol. The molecule has 0 spiro atoms. The van der Waals surface area contributed by atoms with E-state index >= 15 is 0 Å². The van der Waals surface area contributed by atoms with Crippen LogP contribution in [-0.4, -0.2) is 60.3 Å². The zero-order valence-corrected chi connectivity index (χ0v) is 28.4. The summed E-state index contributed by atoms with van der Waals surface area (Å²) in [6, 6.07) is 16.2. The van der Waals surface area contributed by atoms with Crippen LogP contribution in [0.3, 0.4) is 0 Å². The van der Waals surface area contributed by atoms with E-state index < -0.39 is 6.04 Å². The molecule has 3 N–H and O–H groups in total. The van der Waals surface area contributed by atoms with Gasteiger partial charge in [-0.25, -0.2) is 0 Å². The second kappa shape index (κ2) is 14.9. The molecule has 2 amide bonds. The minimum absolute atomic E-state index is 0.0177. The Balaban J connectivity index is 1.17. The van der Waals surface area contributed by atoms with Crippen LogP contribution in [-0.2, 0) is 16.1 Å². The van der Waals surface area contributed by atoms with Crippen molar-refractivity contribution in [1.29, 1.82) is 0 Å². The van der Waals surface area contributed by atoms with E-state index in [4.69, 9.17) is 44.3 Å². The summed E-state index contributed by atoms with van der Waals surface area (Å²) < 4.78 is 11.7. The van der Waals surface area contributed by atoms with Gasteiger partial charge in [-0.2, -0.15) is 0 Å². The summed E-state index contributed by atoms with van der Waals surface area (Å²) in [4.78, 5) is 28.6. The quantitative estimate of drug-likeness (QED) is 0.165. The summed E-state index contributed by atoms with van der Waals surface area (Å²) in [6.07, 6.45) is 4.27. The summed E-state index contributed by atoms with van der Waals surface area (Å²) in [6.45, 7) is 3.19. The molecule has 2 fully saturated rings. The van der Waals surface area contributed by atoms with Crippen molar-refractivity contribution in [2.75, 3.05) is 31.7 Å². The Hall–Kier alpha value is -3.27. The number of hydrogen-bond acceptors (Lipinski definition) is 6. The van der Waals surface area contributed by atoms with Crippen molar-refractivity contribution in [3.63, 3.8) is 0 Å². The molecule has 0 saturated heterocycles. The molecule has 0 radical (unpaired) electrons. The highest BCUT2D eigenvalue weighted by atomic mass is 35.5. The van der Waals surface area contributed by atoms with Gasteiger partial charge in [0, 0.05) is 34.8 Å². The van der Waals surface area contributed by atoms with Gasteiger partial charge in [0.25, 0.3) is 5.91 Å². The number of ether oxygens (including phenoxy) is 2. The molecular formula is C36H38Cl3N3O5. The Morgan fingerprint density at radius 2 is 1.64 bits per heavy atom. The van der Waals surface area contributed by atoms with Crippen LogP contribution in [0.1, 0.15) is 48.8 Å². The van der Waals surface area contributed by atoms with E-state index in [-0.39, 0.29) is 43.6 Å². The number of carbonyl (C=O) groups is 2. The monoisotopic (exact) mass is 697 g/mol. The van der Waals surface area contributed by atoms with Gasteiger partial charge in [-0.3, -0.25) is 9.59 Å². The van der Waals surface area contributed by atoms with E-state index in [1.54, 1.807) is 24.3 Å². The molecule has 2 aliphatic carbocycles. The van der Waals surface area contributed by atoms with Crippen molar-refractivity contribution in [2.24, 2.45) is 5.92 Å². The largest absolute Gasteiger partial charge is 0.490 e. The number of rotatable bonds is 13. The molecule has 3 aliphatic rings. The van der Waals surface area contributed by atoms with Crippen LogP contribution in [0.5, 0.6) is 11.5 Å².